The summed E-state index contributed by atoms with van der Waals surface area (Å²) in [7, 11) is 0. The van der Waals surface area contributed by atoms with E-state index < -0.39 is 0 Å². The third-order valence-corrected chi connectivity index (χ3v) is 4.39. The van der Waals surface area contributed by atoms with Crippen LogP contribution in [0.3, 0.4) is 0 Å². The van der Waals surface area contributed by atoms with Gasteiger partial charge in [-0.15, -0.1) is 0 Å². The maximum Gasteiger partial charge on any atom is 0.295 e. The lowest BCUT2D eigenvalue weighted by Crippen LogP contribution is -2.34. The molecular weight excluding hydrogens is 288 g/mol. The SMILES string of the molecule is CCCC(N)n1c2c(cc(Oc3ccccc3)c1=O)CCCC2. The topological polar surface area (TPSA) is 57.2 Å². The monoisotopic (exact) mass is 312 g/mol. The van der Waals surface area contributed by atoms with Crippen LogP contribution < -0.4 is 16.0 Å². The van der Waals surface area contributed by atoms with Gasteiger partial charge in [-0.1, -0.05) is 31.5 Å². The lowest BCUT2D eigenvalue weighted by Gasteiger charge is -2.26. The Hall–Kier alpha value is -2.07. The van der Waals surface area contributed by atoms with Crippen LogP contribution in [0.15, 0.2) is 41.2 Å². The molecule has 0 fully saturated rings. The second kappa shape index (κ2) is 7.01. The van der Waals surface area contributed by atoms with Gasteiger partial charge in [0, 0.05) is 5.69 Å². The van der Waals surface area contributed by atoms with E-state index in [-0.39, 0.29) is 11.7 Å². The Morgan fingerprint density at radius 2 is 1.96 bits per heavy atom. The molecule has 1 unspecified atom stereocenters. The third-order valence-electron chi connectivity index (χ3n) is 4.39. The minimum atomic E-state index is -0.279. The van der Waals surface area contributed by atoms with E-state index >= 15 is 0 Å². The predicted molar refractivity (Wildman–Crippen MR) is 92.0 cm³/mol. The first-order chi connectivity index (χ1) is 11.2. The van der Waals surface area contributed by atoms with Crippen LogP contribution in [-0.4, -0.2) is 4.57 Å². The zero-order chi connectivity index (χ0) is 16.2. The molecule has 0 amide bonds. The molecule has 23 heavy (non-hydrogen) atoms. The average Bonchev–Trinajstić information content (AvgIpc) is 2.57. The van der Waals surface area contributed by atoms with Gasteiger partial charge in [-0.3, -0.25) is 9.36 Å². The van der Waals surface area contributed by atoms with Crippen molar-refractivity contribution >= 4 is 0 Å². The van der Waals surface area contributed by atoms with Crippen LogP contribution in [0.4, 0.5) is 0 Å². The zero-order valence-electron chi connectivity index (χ0n) is 13.6. The number of aryl methyl sites for hydroxylation is 1. The van der Waals surface area contributed by atoms with Gasteiger partial charge in [0.1, 0.15) is 5.75 Å². The maximum absolute atomic E-state index is 12.9. The number of ether oxygens (including phenoxy) is 1. The predicted octanol–water partition coefficient (Wildman–Crippen LogP) is 3.78. The Bertz CT molecular complexity index is 722. The van der Waals surface area contributed by atoms with Crippen LogP contribution in [-0.2, 0) is 12.8 Å². The molecule has 0 saturated carbocycles. The van der Waals surface area contributed by atoms with Gasteiger partial charge < -0.3 is 10.5 Å². The number of rotatable bonds is 5. The van der Waals surface area contributed by atoms with Crippen molar-refractivity contribution in [3.63, 3.8) is 0 Å². The molecule has 4 heteroatoms. The summed E-state index contributed by atoms with van der Waals surface area (Å²) in [4.78, 5) is 12.9. The van der Waals surface area contributed by atoms with Crippen molar-refractivity contribution in [3.8, 4) is 11.5 Å². The van der Waals surface area contributed by atoms with Gasteiger partial charge >= 0.3 is 0 Å². The molecule has 0 aliphatic heterocycles. The van der Waals surface area contributed by atoms with Crippen LogP contribution in [0.5, 0.6) is 11.5 Å². The summed E-state index contributed by atoms with van der Waals surface area (Å²) < 4.78 is 7.63. The summed E-state index contributed by atoms with van der Waals surface area (Å²) in [6, 6.07) is 11.3. The first-order valence-corrected chi connectivity index (χ1v) is 8.46. The molecule has 0 bridgehead atoms. The summed E-state index contributed by atoms with van der Waals surface area (Å²) in [5.41, 5.74) is 8.49. The van der Waals surface area contributed by atoms with E-state index in [4.69, 9.17) is 10.5 Å². The van der Waals surface area contributed by atoms with Crippen LogP contribution in [0.1, 0.15) is 50.0 Å². The van der Waals surface area contributed by atoms with Gasteiger partial charge in [-0.05, 0) is 55.9 Å². The Balaban J connectivity index is 2.06. The van der Waals surface area contributed by atoms with Crippen LogP contribution in [0.2, 0.25) is 0 Å². The molecule has 122 valence electrons. The van der Waals surface area contributed by atoms with E-state index in [0.29, 0.717) is 11.5 Å². The van der Waals surface area contributed by atoms with E-state index in [9.17, 15) is 4.79 Å². The number of aromatic nitrogens is 1. The van der Waals surface area contributed by atoms with Gasteiger partial charge in [-0.25, -0.2) is 0 Å². The van der Waals surface area contributed by atoms with E-state index in [0.717, 1.165) is 44.2 Å². The summed E-state index contributed by atoms with van der Waals surface area (Å²) in [6.07, 6.45) is 5.64. The fourth-order valence-electron chi connectivity index (χ4n) is 3.27. The van der Waals surface area contributed by atoms with Gasteiger partial charge in [-0.2, -0.15) is 0 Å². The molecule has 1 aliphatic carbocycles. The highest BCUT2D eigenvalue weighted by Gasteiger charge is 2.21. The third kappa shape index (κ3) is 3.32. The van der Waals surface area contributed by atoms with Gasteiger partial charge in [0.05, 0.1) is 6.17 Å². The molecule has 0 spiro atoms. The van der Waals surface area contributed by atoms with Crippen molar-refractivity contribution in [1.29, 1.82) is 0 Å². The summed E-state index contributed by atoms with van der Waals surface area (Å²) >= 11 is 0. The Morgan fingerprint density at radius 1 is 1.22 bits per heavy atom. The van der Waals surface area contributed by atoms with E-state index in [1.807, 2.05) is 36.4 Å². The van der Waals surface area contributed by atoms with Crippen LogP contribution in [0, 0.1) is 0 Å². The molecule has 2 N–H and O–H groups in total. The van der Waals surface area contributed by atoms with Crippen molar-refractivity contribution in [2.45, 2.75) is 51.6 Å². The highest BCUT2D eigenvalue weighted by molar-refractivity contribution is 5.36. The molecule has 2 aromatic rings. The fraction of sp³-hybridized carbons (Fsp3) is 0.421. The maximum atomic E-state index is 12.9. The second-order valence-electron chi connectivity index (χ2n) is 6.13. The van der Waals surface area contributed by atoms with Gasteiger partial charge in [0.25, 0.3) is 5.56 Å². The number of benzene rings is 1. The first kappa shape index (κ1) is 15.8. The number of fused-ring (bicyclic) bond motifs is 1. The summed E-state index contributed by atoms with van der Waals surface area (Å²) in [5, 5.41) is 0. The van der Waals surface area contributed by atoms with Crippen molar-refractivity contribution in [1.82, 2.24) is 4.57 Å². The first-order valence-electron chi connectivity index (χ1n) is 8.46. The van der Waals surface area contributed by atoms with E-state index in [1.54, 1.807) is 4.57 Å². The smallest absolute Gasteiger partial charge is 0.295 e. The lowest BCUT2D eigenvalue weighted by molar-refractivity contribution is 0.409. The number of nitrogens with two attached hydrogens (primary N) is 1. The molecule has 1 atom stereocenters. The largest absolute Gasteiger partial charge is 0.452 e. The van der Waals surface area contributed by atoms with Crippen molar-refractivity contribution in [2.75, 3.05) is 0 Å². The number of para-hydroxylation sites is 1. The molecule has 1 heterocycles. The second-order valence-corrected chi connectivity index (χ2v) is 6.13. The number of nitrogens with zero attached hydrogens (tertiary/aromatic N) is 1. The van der Waals surface area contributed by atoms with Crippen LogP contribution in [0.25, 0.3) is 0 Å². The van der Waals surface area contributed by atoms with Gasteiger partial charge in [0.15, 0.2) is 5.75 Å². The molecule has 0 radical (unpaired) electrons. The van der Waals surface area contributed by atoms with Crippen molar-refractivity contribution in [3.05, 3.63) is 58.0 Å². The summed E-state index contributed by atoms with van der Waals surface area (Å²) in [6.45, 7) is 2.08. The standard InChI is InChI=1S/C19H24N2O2/c1-2-8-18(20)21-16-12-7-6-9-14(16)13-17(19(21)22)23-15-10-4-3-5-11-15/h3-5,10-11,13,18H,2,6-9,12,20H2,1H3. The molecule has 4 nitrogen and oxygen atoms in total. The highest BCUT2D eigenvalue weighted by Crippen LogP contribution is 2.27. The number of pyridine rings is 1. The molecule has 3 rings (SSSR count). The summed E-state index contributed by atoms with van der Waals surface area (Å²) in [5.74, 6) is 1.05. The highest BCUT2D eigenvalue weighted by atomic mass is 16.5. The lowest BCUT2D eigenvalue weighted by atomic mass is 9.95. The van der Waals surface area contributed by atoms with Crippen LogP contribution >= 0.6 is 0 Å². The van der Waals surface area contributed by atoms with Crippen molar-refractivity contribution < 1.29 is 4.74 Å². The molecule has 0 saturated heterocycles. The van der Waals surface area contributed by atoms with E-state index in [1.165, 1.54) is 5.56 Å². The molecular formula is C19H24N2O2. The fourth-order valence-corrected chi connectivity index (χ4v) is 3.27. The molecule has 1 aromatic carbocycles. The minimum absolute atomic E-state index is 0.115. The normalized spacial score (nSPS) is 15.0. The average molecular weight is 312 g/mol. The molecule has 1 aromatic heterocycles. The van der Waals surface area contributed by atoms with E-state index in [2.05, 4.69) is 6.92 Å². The molecule has 1 aliphatic rings. The number of hydrogen-bond donors (Lipinski definition) is 1. The Morgan fingerprint density at radius 3 is 2.70 bits per heavy atom. The zero-order valence-corrected chi connectivity index (χ0v) is 13.6. The van der Waals surface area contributed by atoms with Crippen molar-refractivity contribution in [2.24, 2.45) is 5.73 Å². The number of hydrogen-bond acceptors (Lipinski definition) is 3. The minimum Gasteiger partial charge on any atom is -0.452 e. The van der Waals surface area contributed by atoms with Gasteiger partial charge in [0.2, 0.25) is 0 Å². The quantitative estimate of drug-likeness (QED) is 0.914. The Kier molecular flexibility index (Phi) is 4.82. The Labute approximate surface area is 136 Å².